The molecule has 1 unspecified atom stereocenters. The standard InChI is InChI=1S/C14H27BrO2Si/c1-13(2,3)18(4,5)17-12-7-6-9-14(12)11(15)8-10-16-14/h11-12H,6-10H2,1-5H3/t11?,12-,14+/m1/s1. The topological polar surface area (TPSA) is 18.5 Å². The molecule has 106 valence electrons. The largest absolute Gasteiger partial charge is 0.411 e. The highest BCUT2D eigenvalue weighted by Crippen LogP contribution is 2.49. The zero-order valence-electron chi connectivity index (χ0n) is 12.4. The molecule has 1 saturated carbocycles. The summed E-state index contributed by atoms with van der Waals surface area (Å²) in [6.07, 6.45) is 4.97. The van der Waals surface area contributed by atoms with Crippen LogP contribution in [0.2, 0.25) is 18.1 Å². The fraction of sp³-hybridized carbons (Fsp3) is 1.00. The molecule has 0 bridgehead atoms. The van der Waals surface area contributed by atoms with Gasteiger partial charge in [0.25, 0.3) is 0 Å². The Bertz CT molecular complexity index is 309. The highest BCUT2D eigenvalue weighted by Gasteiger charge is 2.55. The average Bonchev–Trinajstić information content (AvgIpc) is 2.76. The van der Waals surface area contributed by atoms with E-state index in [0.717, 1.165) is 25.9 Å². The maximum Gasteiger partial charge on any atom is 0.192 e. The second-order valence-corrected chi connectivity index (χ2v) is 13.2. The SMILES string of the molecule is CC(C)(C)[Si](C)(C)O[C@@H]1CCC[C@@]12OCCC2Br. The molecule has 0 aromatic heterocycles. The smallest absolute Gasteiger partial charge is 0.192 e. The molecule has 1 aliphatic carbocycles. The summed E-state index contributed by atoms with van der Waals surface area (Å²) >= 11 is 3.83. The lowest BCUT2D eigenvalue weighted by Gasteiger charge is -2.43. The van der Waals surface area contributed by atoms with Crippen molar-refractivity contribution in [1.82, 2.24) is 0 Å². The summed E-state index contributed by atoms with van der Waals surface area (Å²) in [6, 6.07) is 0. The predicted molar refractivity (Wildman–Crippen MR) is 81.9 cm³/mol. The third-order valence-corrected chi connectivity index (χ3v) is 10.8. The van der Waals surface area contributed by atoms with Crippen LogP contribution in [-0.4, -0.2) is 31.5 Å². The summed E-state index contributed by atoms with van der Waals surface area (Å²) < 4.78 is 12.8. The van der Waals surface area contributed by atoms with Crippen LogP contribution in [0.3, 0.4) is 0 Å². The first-order valence-electron chi connectivity index (χ1n) is 7.15. The average molecular weight is 335 g/mol. The van der Waals surface area contributed by atoms with Crippen LogP contribution in [0.5, 0.6) is 0 Å². The van der Waals surface area contributed by atoms with Gasteiger partial charge in [-0.2, -0.15) is 0 Å². The maximum absolute atomic E-state index is 6.66. The summed E-state index contributed by atoms with van der Waals surface area (Å²) in [4.78, 5) is 0.474. The van der Waals surface area contributed by atoms with E-state index in [1.165, 1.54) is 6.42 Å². The molecule has 0 radical (unpaired) electrons. The van der Waals surface area contributed by atoms with E-state index in [0.29, 0.717) is 10.9 Å². The number of ether oxygens (including phenoxy) is 1. The first kappa shape index (κ1) is 15.0. The minimum atomic E-state index is -1.69. The molecule has 2 fully saturated rings. The summed E-state index contributed by atoms with van der Waals surface area (Å²) in [5.41, 5.74) is -0.0322. The zero-order chi connectivity index (χ0) is 13.6. The van der Waals surface area contributed by atoms with Crippen molar-refractivity contribution in [2.75, 3.05) is 6.61 Å². The van der Waals surface area contributed by atoms with Gasteiger partial charge in [0, 0.05) is 11.4 Å². The molecular formula is C14H27BrO2Si. The Morgan fingerprint density at radius 1 is 1.28 bits per heavy atom. The zero-order valence-corrected chi connectivity index (χ0v) is 15.0. The molecule has 2 aliphatic rings. The van der Waals surface area contributed by atoms with Crippen molar-refractivity contribution >= 4 is 24.2 Å². The molecule has 0 N–H and O–H groups in total. The molecule has 2 nitrogen and oxygen atoms in total. The second-order valence-electron chi connectivity index (χ2n) is 7.32. The van der Waals surface area contributed by atoms with Gasteiger partial charge in [-0.25, -0.2) is 0 Å². The molecule has 0 amide bonds. The maximum atomic E-state index is 6.66. The van der Waals surface area contributed by atoms with Gasteiger partial charge in [-0.3, -0.25) is 0 Å². The number of hydrogen-bond acceptors (Lipinski definition) is 2. The van der Waals surface area contributed by atoms with E-state index in [2.05, 4.69) is 49.8 Å². The van der Waals surface area contributed by atoms with Crippen molar-refractivity contribution < 1.29 is 9.16 Å². The van der Waals surface area contributed by atoms with E-state index >= 15 is 0 Å². The Balaban J connectivity index is 2.14. The summed E-state index contributed by atoms with van der Waals surface area (Å²) in [5.74, 6) is 0. The quantitative estimate of drug-likeness (QED) is 0.547. The van der Waals surface area contributed by atoms with E-state index in [4.69, 9.17) is 9.16 Å². The normalized spacial score (nSPS) is 37.7. The van der Waals surface area contributed by atoms with Crippen molar-refractivity contribution in [3.8, 4) is 0 Å². The van der Waals surface area contributed by atoms with E-state index in [-0.39, 0.29) is 10.6 Å². The summed E-state index contributed by atoms with van der Waals surface area (Å²) in [6.45, 7) is 12.5. The van der Waals surface area contributed by atoms with Gasteiger partial charge < -0.3 is 9.16 Å². The molecule has 1 aliphatic heterocycles. The Morgan fingerprint density at radius 2 is 1.94 bits per heavy atom. The molecular weight excluding hydrogens is 308 g/mol. The fourth-order valence-corrected chi connectivity index (χ4v) is 5.10. The molecule has 0 aromatic rings. The third-order valence-electron chi connectivity index (χ3n) is 5.09. The van der Waals surface area contributed by atoms with Gasteiger partial charge in [0.1, 0.15) is 5.60 Å². The van der Waals surface area contributed by atoms with Crippen LogP contribution in [0.25, 0.3) is 0 Å². The summed E-state index contributed by atoms with van der Waals surface area (Å²) in [7, 11) is -1.69. The van der Waals surface area contributed by atoms with Gasteiger partial charge in [-0.1, -0.05) is 36.7 Å². The van der Waals surface area contributed by atoms with Crippen LogP contribution in [0, 0.1) is 0 Å². The van der Waals surface area contributed by atoms with Crippen molar-refractivity contribution in [3.05, 3.63) is 0 Å². The predicted octanol–water partition coefficient (Wildman–Crippen LogP) is 4.48. The minimum Gasteiger partial charge on any atom is -0.411 e. The van der Waals surface area contributed by atoms with Crippen LogP contribution in [0.15, 0.2) is 0 Å². The molecule has 1 spiro atoms. The van der Waals surface area contributed by atoms with Crippen LogP contribution in [0.4, 0.5) is 0 Å². The van der Waals surface area contributed by atoms with Gasteiger partial charge in [-0.15, -0.1) is 0 Å². The van der Waals surface area contributed by atoms with Crippen LogP contribution < -0.4 is 0 Å². The monoisotopic (exact) mass is 334 g/mol. The van der Waals surface area contributed by atoms with E-state index in [1.807, 2.05) is 0 Å². The van der Waals surface area contributed by atoms with E-state index < -0.39 is 8.32 Å². The molecule has 1 saturated heterocycles. The third kappa shape index (κ3) is 2.46. The Morgan fingerprint density at radius 3 is 2.44 bits per heavy atom. The second kappa shape index (κ2) is 4.87. The van der Waals surface area contributed by atoms with Gasteiger partial charge in [0.15, 0.2) is 8.32 Å². The number of hydrogen-bond donors (Lipinski definition) is 0. The minimum absolute atomic E-state index is 0.0322. The number of alkyl halides is 1. The molecule has 2 rings (SSSR count). The molecule has 3 atom stereocenters. The Kier molecular flexibility index (Phi) is 4.06. The van der Waals surface area contributed by atoms with Crippen LogP contribution >= 0.6 is 15.9 Å². The van der Waals surface area contributed by atoms with Crippen molar-refractivity contribution in [2.45, 2.75) is 81.1 Å². The Labute approximate surface area is 121 Å². The van der Waals surface area contributed by atoms with Gasteiger partial charge >= 0.3 is 0 Å². The summed E-state index contributed by atoms with van der Waals surface area (Å²) in [5, 5.41) is 0.275. The Hall–Kier alpha value is 0.617. The highest BCUT2D eigenvalue weighted by atomic mass is 79.9. The van der Waals surface area contributed by atoms with Gasteiger partial charge in [0.2, 0.25) is 0 Å². The number of rotatable bonds is 2. The molecule has 0 aromatic carbocycles. The van der Waals surface area contributed by atoms with Crippen molar-refractivity contribution in [2.24, 2.45) is 0 Å². The first-order valence-corrected chi connectivity index (χ1v) is 11.0. The van der Waals surface area contributed by atoms with Crippen molar-refractivity contribution in [3.63, 3.8) is 0 Å². The lowest BCUT2D eigenvalue weighted by Crippen LogP contribution is -2.52. The highest BCUT2D eigenvalue weighted by molar-refractivity contribution is 9.09. The van der Waals surface area contributed by atoms with E-state index in [9.17, 15) is 0 Å². The first-order chi connectivity index (χ1) is 8.19. The van der Waals surface area contributed by atoms with Crippen LogP contribution in [0.1, 0.15) is 46.5 Å². The lowest BCUT2D eigenvalue weighted by molar-refractivity contribution is -0.0609. The van der Waals surface area contributed by atoms with Crippen molar-refractivity contribution in [1.29, 1.82) is 0 Å². The lowest BCUT2D eigenvalue weighted by atomic mass is 9.96. The van der Waals surface area contributed by atoms with E-state index in [1.54, 1.807) is 0 Å². The number of halogens is 1. The molecule has 18 heavy (non-hydrogen) atoms. The molecule has 4 heteroatoms. The fourth-order valence-electron chi connectivity index (χ4n) is 2.87. The van der Waals surface area contributed by atoms with Gasteiger partial charge in [-0.05, 0) is 43.8 Å². The van der Waals surface area contributed by atoms with Gasteiger partial charge in [0.05, 0.1) is 6.10 Å². The molecule has 1 heterocycles. The van der Waals surface area contributed by atoms with Crippen LogP contribution in [-0.2, 0) is 9.16 Å².